The third-order valence-corrected chi connectivity index (χ3v) is 6.97. The Morgan fingerprint density at radius 1 is 1.03 bits per heavy atom. The number of carbonyl (C=O) groups is 1. The Morgan fingerprint density at radius 2 is 1.66 bits per heavy atom. The fraction of sp³-hybridized carbons (Fsp3) is 0.619. The van der Waals surface area contributed by atoms with Gasteiger partial charge in [0.05, 0.1) is 5.75 Å². The van der Waals surface area contributed by atoms with Crippen molar-refractivity contribution in [3.63, 3.8) is 0 Å². The summed E-state index contributed by atoms with van der Waals surface area (Å²) in [5.74, 6) is 0.0536. The van der Waals surface area contributed by atoms with E-state index < -0.39 is 0 Å². The van der Waals surface area contributed by atoms with Gasteiger partial charge in [0.25, 0.3) is 0 Å². The third kappa shape index (κ3) is 4.79. The maximum Gasteiger partial charge on any atom is 0.233 e. The molecule has 4 rings (SSSR count). The summed E-state index contributed by atoms with van der Waals surface area (Å²) < 4.78 is 15.5. The van der Waals surface area contributed by atoms with Crippen molar-refractivity contribution in [3.8, 4) is 5.69 Å². The van der Waals surface area contributed by atoms with Crippen molar-refractivity contribution in [3.05, 3.63) is 30.1 Å². The standard InChI is InChI=1S/C21H28FN5OS/c22-18-13-7-8-14-19(18)27-21(23-24-25-27)29-15-20(28)26(16-9-3-1-4-10-16)17-11-5-2-6-12-17/h7-8,13-14,16-17H,1-6,9-12,15H2. The molecule has 2 aliphatic carbocycles. The van der Waals surface area contributed by atoms with Crippen molar-refractivity contribution >= 4 is 17.7 Å². The molecule has 1 amide bonds. The summed E-state index contributed by atoms with van der Waals surface area (Å²) in [5, 5.41) is 12.1. The number of nitrogens with zero attached hydrogens (tertiary/aromatic N) is 5. The van der Waals surface area contributed by atoms with E-state index in [1.807, 2.05) is 0 Å². The number of halogens is 1. The molecule has 0 atom stereocenters. The van der Waals surface area contributed by atoms with Crippen LogP contribution >= 0.6 is 11.8 Å². The number of hydrogen-bond donors (Lipinski definition) is 0. The van der Waals surface area contributed by atoms with Gasteiger partial charge in [-0.3, -0.25) is 4.79 Å². The lowest BCUT2D eigenvalue weighted by Crippen LogP contribution is -2.49. The van der Waals surface area contributed by atoms with Crippen molar-refractivity contribution in [2.24, 2.45) is 0 Å². The van der Waals surface area contributed by atoms with Gasteiger partial charge in [-0.2, -0.15) is 4.68 Å². The monoisotopic (exact) mass is 417 g/mol. The van der Waals surface area contributed by atoms with Crippen molar-refractivity contribution in [2.75, 3.05) is 5.75 Å². The van der Waals surface area contributed by atoms with Crippen molar-refractivity contribution in [2.45, 2.75) is 81.4 Å². The van der Waals surface area contributed by atoms with Gasteiger partial charge in [-0.25, -0.2) is 4.39 Å². The van der Waals surface area contributed by atoms with Crippen molar-refractivity contribution in [1.82, 2.24) is 25.1 Å². The Balaban J connectivity index is 1.47. The number of rotatable bonds is 6. The van der Waals surface area contributed by atoms with E-state index in [1.165, 1.54) is 61.0 Å². The molecule has 0 radical (unpaired) electrons. The second-order valence-corrected chi connectivity index (χ2v) is 8.94. The number of tetrazole rings is 1. The number of para-hydroxylation sites is 1. The summed E-state index contributed by atoms with van der Waals surface area (Å²) in [4.78, 5) is 15.5. The lowest BCUT2D eigenvalue weighted by Gasteiger charge is -2.41. The smallest absolute Gasteiger partial charge is 0.233 e. The summed E-state index contributed by atoms with van der Waals surface area (Å²) >= 11 is 1.29. The summed E-state index contributed by atoms with van der Waals surface area (Å²) in [6.07, 6.45) is 11.8. The number of hydrogen-bond acceptors (Lipinski definition) is 5. The highest BCUT2D eigenvalue weighted by molar-refractivity contribution is 7.99. The summed E-state index contributed by atoms with van der Waals surface area (Å²) in [5.41, 5.74) is 0.295. The zero-order chi connectivity index (χ0) is 20.1. The van der Waals surface area contributed by atoms with Crippen LogP contribution in [0, 0.1) is 5.82 Å². The number of thioether (sulfide) groups is 1. The lowest BCUT2D eigenvalue weighted by atomic mass is 9.88. The molecule has 2 saturated carbocycles. The molecule has 2 aromatic rings. The quantitative estimate of drug-likeness (QED) is 0.653. The van der Waals surface area contributed by atoms with Gasteiger partial charge < -0.3 is 4.90 Å². The second-order valence-electron chi connectivity index (χ2n) is 8.00. The van der Waals surface area contributed by atoms with Gasteiger partial charge in [0, 0.05) is 12.1 Å². The number of benzene rings is 1. The molecule has 0 bridgehead atoms. The van der Waals surface area contributed by atoms with Crippen LogP contribution in [0.15, 0.2) is 29.4 Å². The number of carbonyl (C=O) groups excluding carboxylic acids is 1. The first-order chi connectivity index (χ1) is 14.2. The van der Waals surface area contributed by atoms with Crippen LogP contribution < -0.4 is 0 Å². The molecule has 6 nitrogen and oxygen atoms in total. The molecule has 0 unspecified atom stereocenters. The van der Waals surface area contributed by atoms with Gasteiger partial charge in [0.2, 0.25) is 11.1 Å². The molecule has 1 heterocycles. The van der Waals surface area contributed by atoms with E-state index in [0.29, 0.717) is 22.9 Å². The summed E-state index contributed by atoms with van der Waals surface area (Å²) in [7, 11) is 0. The predicted octanol–water partition coefficient (Wildman–Crippen LogP) is 4.39. The SMILES string of the molecule is O=C(CSc1nnnn1-c1ccccc1F)N(C1CCCCC1)C1CCCCC1. The molecule has 0 aliphatic heterocycles. The first-order valence-corrected chi connectivity index (χ1v) is 11.7. The molecular weight excluding hydrogens is 389 g/mol. The zero-order valence-corrected chi connectivity index (χ0v) is 17.5. The van der Waals surface area contributed by atoms with Gasteiger partial charge in [0.1, 0.15) is 11.5 Å². The first kappa shape index (κ1) is 20.3. The van der Waals surface area contributed by atoms with Gasteiger partial charge in [-0.15, -0.1) is 5.10 Å². The molecule has 0 spiro atoms. The van der Waals surface area contributed by atoms with Crippen LogP contribution in [0.2, 0.25) is 0 Å². The predicted molar refractivity (Wildman–Crippen MR) is 110 cm³/mol. The average Bonchev–Trinajstić information content (AvgIpc) is 3.23. The van der Waals surface area contributed by atoms with E-state index in [4.69, 9.17) is 0 Å². The summed E-state index contributed by atoms with van der Waals surface area (Å²) in [6, 6.07) is 7.11. The molecule has 8 heteroatoms. The Hall–Kier alpha value is -1.96. The minimum absolute atomic E-state index is 0.164. The molecule has 29 heavy (non-hydrogen) atoms. The zero-order valence-electron chi connectivity index (χ0n) is 16.7. The van der Waals surface area contributed by atoms with Gasteiger partial charge in [0.15, 0.2) is 0 Å². The van der Waals surface area contributed by atoms with E-state index >= 15 is 0 Å². The van der Waals surface area contributed by atoms with E-state index in [-0.39, 0.29) is 17.5 Å². The van der Waals surface area contributed by atoms with Crippen LogP contribution in [0.4, 0.5) is 4.39 Å². The topological polar surface area (TPSA) is 63.9 Å². The average molecular weight is 418 g/mol. The number of aromatic nitrogens is 4. The van der Waals surface area contributed by atoms with Crippen molar-refractivity contribution < 1.29 is 9.18 Å². The largest absolute Gasteiger partial charge is 0.336 e. The van der Waals surface area contributed by atoms with Crippen molar-refractivity contribution in [1.29, 1.82) is 0 Å². The van der Waals surface area contributed by atoms with Crippen LogP contribution in [-0.4, -0.2) is 48.9 Å². The molecule has 1 aromatic carbocycles. The van der Waals surface area contributed by atoms with Crippen LogP contribution in [0.3, 0.4) is 0 Å². The third-order valence-electron chi connectivity index (χ3n) is 6.07. The van der Waals surface area contributed by atoms with Crippen LogP contribution in [0.25, 0.3) is 5.69 Å². The molecule has 2 aliphatic rings. The Labute approximate surface area is 175 Å². The maximum atomic E-state index is 14.1. The van der Waals surface area contributed by atoms with Crippen LogP contribution in [-0.2, 0) is 4.79 Å². The van der Waals surface area contributed by atoms with Gasteiger partial charge >= 0.3 is 0 Å². The van der Waals surface area contributed by atoms with E-state index in [2.05, 4.69) is 20.4 Å². The van der Waals surface area contributed by atoms with E-state index in [0.717, 1.165) is 25.7 Å². The minimum Gasteiger partial charge on any atom is -0.336 e. The normalized spacial score (nSPS) is 18.7. The van der Waals surface area contributed by atoms with Crippen LogP contribution in [0.1, 0.15) is 64.2 Å². The highest BCUT2D eigenvalue weighted by Gasteiger charge is 2.32. The molecule has 2 fully saturated rings. The molecule has 156 valence electrons. The molecule has 1 aromatic heterocycles. The van der Waals surface area contributed by atoms with E-state index in [9.17, 15) is 9.18 Å². The molecule has 0 N–H and O–H groups in total. The fourth-order valence-electron chi connectivity index (χ4n) is 4.67. The second kappa shape index (κ2) is 9.69. The Kier molecular flexibility index (Phi) is 6.79. The highest BCUT2D eigenvalue weighted by atomic mass is 32.2. The lowest BCUT2D eigenvalue weighted by molar-refractivity contribution is -0.135. The Bertz CT molecular complexity index is 799. The summed E-state index contributed by atoms with van der Waals surface area (Å²) in [6.45, 7) is 0. The van der Waals surface area contributed by atoms with E-state index in [1.54, 1.807) is 18.2 Å². The Morgan fingerprint density at radius 3 is 2.28 bits per heavy atom. The van der Waals surface area contributed by atoms with Gasteiger partial charge in [-0.05, 0) is 48.2 Å². The number of amides is 1. The first-order valence-electron chi connectivity index (χ1n) is 10.7. The molecular formula is C21H28FN5OS. The van der Waals surface area contributed by atoms with Crippen LogP contribution in [0.5, 0.6) is 0 Å². The maximum absolute atomic E-state index is 14.1. The minimum atomic E-state index is -0.390. The highest BCUT2D eigenvalue weighted by Crippen LogP contribution is 2.31. The van der Waals surface area contributed by atoms with Gasteiger partial charge in [-0.1, -0.05) is 62.4 Å². The molecule has 0 saturated heterocycles. The fourth-order valence-corrected chi connectivity index (χ4v) is 5.42.